The summed E-state index contributed by atoms with van der Waals surface area (Å²) in [4.78, 5) is 58.8. The van der Waals surface area contributed by atoms with E-state index < -0.39 is 0 Å². The van der Waals surface area contributed by atoms with E-state index in [0.29, 0.717) is 57.8 Å². The molecule has 0 saturated carbocycles. The van der Waals surface area contributed by atoms with Gasteiger partial charge in [-0.3, -0.25) is 14.6 Å². The summed E-state index contributed by atoms with van der Waals surface area (Å²) in [7, 11) is 4.08. The van der Waals surface area contributed by atoms with E-state index in [-0.39, 0.29) is 35.7 Å². The summed E-state index contributed by atoms with van der Waals surface area (Å²) in [5.74, 6) is 2.17. The Bertz CT molecular complexity index is 2470. The van der Waals surface area contributed by atoms with Crippen molar-refractivity contribution < 1.29 is 23.8 Å². The molecule has 0 bridgehead atoms. The lowest BCUT2D eigenvalue weighted by Crippen LogP contribution is -2.50. The summed E-state index contributed by atoms with van der Waals surface area (Å²) in [5.41, 5.74) is 5.66. The van der Waals surface area contributed by atoms with Crippen LogP contribution in [0.1, 0.15) is 58.7 Å². The number of nitrogens with zero attached hydrogens (tertiary/aromatic N) is 8. The third-order valence-electron chi connectivity index (χ3n) is 12.4. The zero-order valence-corrected chi connectivity index (χ0v) is 37.5. The van der Waals surface area contributed by atoms with Crippen molar-refractivity contribution in [2.75, 3.05) is 72.1 Å². The first-order valence-electron chi connectivity index (χ1n) is 21.3. The molecule has 1 N–H and O–H groups in total. The molecule has 0 spiro atoms. The van der Waals surface area contributed by atoms with E-state index in [1.165, 1.54) is 32.8 Å². The number of benzene rings is 1. The molecule has 2 fully saturated rings. The van der Waals surface area contributed by atoms with Crippen LogP contribution in [-0.2, 0) is 51.3 Å². The number of likely N-dealkylation sites (N-methyl/N-ethyl adjacent to an activating group) is 1. The van der Waals surface area contributed by atoms with Crippen LogP contribution < -0.4 is 10.1 Å². The van der Waals surface area contributed by atoms with Crippen molar-refractivity contribution in [2.24, 2.45) is 16.8 Å². The molecular weight excluding hydrogens is 834 g/mol. The summed E-state index contributed by atoms with van der Waals surface area (Å²) >= 11 is 9.58. The molecule has 61 heavy (non-hydrogen) atoms. The van der Waals surface area contributed by atoms with Crippen LogP contribution in [0.3, 0.4) is 0 Å². The van der Waals surface area contributed by atoms with Gasteiger partial charge in [0, 0.05) is 47.4 Å². The van der Waals surface area contributed by atoms with Crippen LogP contribution in [0.5, 0.6) is 5.75 Å². The van der Waals surface area contributed by atoms with Gasteiger partial charge in [0.05, 0.1) is 61.5 Å². The maximum absolute atomic E-state index is 13.4. The molecule has 4 aromatic heterocycles. The molecule has 2 amide bonds. The standard InChI is InChI=1S/C28H34N6O3S.C16H18ClN3O2S/c1-17-15-36-8-7-34(17)28(35)18-4-5-21-24(12-18)38-27-25(21)26(30-16-31-27)32-22-10-19-13-29-14-20(19)11-23(22)37-9-6-33(2)3;1-9-7-22-5-4-20(9)16(21)10-2-3-11-12(6-10)23-15-13(11)14(17)18-8-19-15/h10-11,13,16-18H,4-9,12,14-15H2,1-3H3,(H,30,31,32);8-10H,2-7H2,1H3/t17-,18+;9-,10+/m11/s1. The van der Waals surface area contributed by atoms with Crippen LogP contribution in [0.2, 0.25) is 5.15 Å². The number of hydrogen-bond acceptors (Lipinski definition) is 14. The molecule has 10 rings (SSSR count). The normalized spacial score (nSPS) is 22.1. The van der Waals surface area contributed by atoms with Crippen LogP contribution in [0.25, 0.3) is 20.4 Å². The summed E-state index contributed by atoms with van der Waals surface area (Å²) < 4.78 is 17.2. The fourth-order valence-electron chi connectivity index (χ4n) is 9.10. The molecule has 14 nitrogen and oxygen atoms in total. The third-order valence-corrected chi connectivity index (χ3v) is 15.0. The van der Waals surface area contributed by atoms with Crippen molar-refractivity contribution in [3.8, 4) is 5.75 Å². The van der Waals surface area contributed by atoms with Crippen LogP contribution in [0.15, 0.2) is 29.8 Å². The predicted octanol–water partition coefficient (Wildman–Crippen LogP) is 6.36. The number of rotatable bonds is 8. The average molecular weight is 887 g/mol. The number of halogens is 1. The van der Waals surface area contributed by atoms with Gasteiger partial charge in [0.1, 0.15) is 45.6 Å². The molecular formula is C44H52ClN9O5S2. The highest BCUT2D eigenvalue weighted by Gasteiger charge is 2.36. The van der Waals surface area contributed by atoms with Gasteiger partial charge in [-0.2, -0.15) is 0 Å². The molecule has 0 radical (unpaired) electrons. The quantitative estimate of drug-likeness (QED) is 0.174. The van der Waals surface area contributed by atoms with Gasteiger partial charge in [0.25, 0.3) is 0 Å². The number of aromatic nitrogens is 4. The second-order valence-corrected chi connectivity index (χ2v) is 19.4. The number of nitrogens with one attached hydrogen (secondary N) is 1. The zero-order valence-electron chi connectivity index (χ0n) is 35.1. The minimum absolute atomic E-state index is 0.00757. The van der Waals surface area contributed by atoms with Gasteiger partial charge in [-0.05, 0) is 101 Å². The van der Waals surface area contributed by atoms with E-state index in [1.807, 2.05) is 30.1 Å². The fraction of sp³-hybridized carbons (Fsp3) is 0.523. The van der Waals surface area contributed by atoms with Crippen LogP contribution in [-0.4, -0.2) is 132 Å². The first-order chi connectivity index (χ1) is 29.6. The summed E-state index contributed by atoms with van der Waals surface area (Å²) in [6.45, 7) is 10.1. The van der Waals surface area contributed by atoms with E-state index in [9.17, 15) is 9.59 Å². The third kappa shape index (κ3) is 8.72. The van der Waals surface area contributed by atoms with Gasteiger partial charge in [-0.15, -0.1) is 22.7 Å². The smallest absolute Gasteiger partial charge is 0.226 e. The van der Waals surface area contributed by atoms with Gasteiger partial charge < -0.3 is 34.2 Å². The van der Waals surface area contributed by atoms with Crippen molar-refractivity contribution in [1.82, 2.24) is 34.6 Å². The maximum Gasteiger partial charge on any atom is 0.226 e. The Morgan fingerprint density at radius 2 is 1.48 bits per heavy atom. The number of carbonyl (C=O) groups excluding carboxylic acids is 2. The van der Waals surface area contributed by atoms with E-state index in [0.717, 1.165) is 88.3 Å². The lowest BCUT2D eigenvalue weighted by molar-refractivity contribution is -0.144. The SMILES string of the molecule is C[C@@H]1COCCN1C(=O)[C@H]1CCc2c(sc3ncnc(Cl)c23)C1.C[C@@H]1COCCN1C(=O)[C@H]1CCc2c(sc3ncnc(Nc4cc5c(cc4OCCN(C)C)CN=C5)c23)C1. The highest BCUT2D eigenvalue weighted by atomic mass is 35.5. The van der Waals surface area contributed by atoms with Crippen molar-refractivity contribution >= 4 is 84.2 Å². The molecule has 3 aliphatic heterocycles. The van der Waals surface area contributed by atoms with Crippen molar-refractivity contribution in [3.63, 3.8) is 0 Å². The molecule has 2 saturated heterocycles. The zero-order chi connectivity index (χ0) is 42.2. The van der Waals surface area contributed by atoms with E-state index in [2.05, 4.69) is 61.1 Å². The number of fused-ring (bicyclic) bond motifs is 7. The monoisotopic (exact) mass is 885 g/mol. The number of thiophene rings is 2. The second kappa shape index (κ2) is 18.2. The minimum atomic E-state index is 0.00757. The number of ether oxygens (including phenoxy) is 3. The number of morpholine rings is 2. The summed E-state index contributed by atoms with van der Waals surface area (Å²) in [5, 5.41) is 6.15. The first kappa shape index (κ1) is 42.0. The minimum Gasteiger partial charge on any atom is -0.490 e. The average Bonchev–Trinajstić information content (AvgIpc) is 3.99. The Hall–Kier alpha value is -4.32. The van der Waals surface area contributed by atoms with Crippen LogP contribution in [0, 0.1) is 11.8 Å². The first-order valence-corrected chi connectivity index (χ1v) is 23.3. The lowest BCUT2D eigenvalue weighted by atomic mass is 9.86. The second-order valence-electron chi connectivity index (χ2n) is 16.8. The van der Waals surface area contributed by atoms with E-state index in [1.54, 1.807) is 29.0 Å². The number of carbonyl (C=O) groups is 2. The van der Waals surface area contributed by atoms with Gasteiger partial charge in [0.2, 0.25) is 11.8 Å². The van der Waals surface area contributed by atoms with Crippen molar-refractivity contribution in [2.45, 2.75) is 71.0 Å². The van der Waals surface area contributed by atoms with Crippen molar-refractivity contribution in [1.29, 1.82) is 0 Å². The Balaban J connectivity index is 0.000000176. The molecule has 5 aliphatic rings. The Kier molecular flexibility index (Phi) is 12.5. The van der Waals surface area contributed by atoms with Gasteiger partial charge >= 0.3 is 0 Å². The molecule has 1 aromatic carbocycles. The highest BCUT2D eigenvalue weighted by Crippen LogP contribution is 2.43. The molecule has 5 aromatic rings. The Labute approximate surface area is 368 Å². The lowest BCUT2D eigenvalue weighted by Gasteiger charge is -2.36. The molecule has 2 aliphatic carbocycles. The number of hydrogen-bond donors (Lipinski definition) is 1. The van der Waals surface area contributed by atoms with Crippen molar-refractivity contribution in [3.05, 3.63) is 61.9 Å². The van der Waals surface area contributed by atoms with Gasteiger partial charge in [-0.25, -0.2) is 19.9 Å². The number of anilines is 2. The maximum atomic E-state index is 13.4. The molecule has 0 unspecified atom stereocenters. The Morgan fingerprint density at radius 1 is 0.869 bits per heavy atom. The van der Waals surface area contributed by atoms with Crippen LogP contribution >= 0.6 is 34.3 Å². The number of amides is 2. The summed E-state index contributed by atoms with van der Waals surface area (Å²) in [6.07, 6.45) is 10.0. The fourth-order valence-corrected chi connectivity index (χ4v) is 11.9. The molecule has 17 heteroatoms. The molecule has 7 heterocycles. The van der Waals surface area contributed by atoms with Gasteiger partial charge in [-0.1, -0.05) is 11.6 Å². The Morgan fingerprint density at radius 3 is 2.10 bits per heavy atom. The van der Waals surface area contributed by atoms with E-state index >= 15 is 0 Å². The molecule has 4 atom stereocenters. The predicted molar refractivity (Wildman–Crippen MR) is 240 cm³/mol. The van der Waals surface area contributed by atoms with Crippen LogP contribution in [0.4, 0.5) is 11.5 Å². The molecule has 322 valence electrons. The highest BCUT2D eigenvalue weighted by molar-refractivity contribution is 7.19. The summed E-state index contributed by atoms with van der Waals surface area (Å²) in [6, 6.07) is 4.49. The van der Waals surface area contributed by atoms with Gasteiger partial charge in [0.15, 0.2) is 0 Å². The van der Waals surface area contributed by atoms with E-state index in [4.69, 9.17) is 25.8 Å². The topological polar surface area (TPSA) is 148 Å². The number of aryl methyl sites for hydroxylation is 2. The largest absolute Gasteiger partial charge is 0.490 e. The number of aliphatic imine (C=N–C) groups is 1.